The van der Waals surface area contributed by atoms with Crippen LogP contribution in [0.5, 0.6) is 0 Å². The minimum Gasteiger partial charge on any atom is -0.322 e. The second-order valence-corrected chi connectivity index (χ2v) is 6.45. The molecule has 110 valence electrons. The van der Waals surface area contributed by atoms with Crippen LogP contribution in [-0.2, 0) is 0 Å². The van der Waals surface area contributed by atoms with Crippen LogP contribution in [0.3, 0.4) is 0 Å². The first-order valence-corrected chi connectivity index (χ1v) is 7.86. The number of halogens is 1. The molecule has 0 unspecified atom stereocenters. The topological polar surface area (TPSA) is 29.1 Å². The molecule has 0 aliphatic rings. The highest BCUT2D eigenvalue weighted by molar-refractivity contribution is 9.10. The van der Waals surface area contributed by atoms with Gasteiger partial charge in [0.1, 0.15) is 0 Å². The molecule has 0 radical (unpaired) electrons. The molecule has 21 heavy (non-hydrogen) atoms. The molecule has 0 bridgehead atoms. The van der Waals surface area contributed by atoms with Crippen molar-refractivity contribution in [1.29, 1.82) is 0 Å². The van der Waals surface area contributed by atoms with E-state index in [0.29, 0.717) is 11.5 Å². The van der Waals surface area contributed by atoms with Crippen LogP contribution in [0.2, 0.25) is 0 Å². The number of benzene rings is 2. The van der Waals surface area contributed by atoms with Gasteiger partial charge in [-0.15, -0.1) is 0 Å². The van der Waals surface area contributed by atoms with Gasteiger partial charge in [0.2, 0.25) is 0 Å². The summed E-state index contributed by atoms with van der Waals surface area (Å²) >= 11 is 3.53. The first-order valence-electron chi connectivity index (χ1n) is 7.06. The predicted octanol–water partition coefficient (Wildman–Crippen LogP) is 5.44. The highest BCUT2D eigenvalue weighted by Crippen LogP contribution is 2.25. The Bertz CT molecular complexity index is 636. The number of nitrogens with one attached hydrogen (secondary N) is 1. The molecular formula is C18H20BrNO. The highest BCUT2D eigenvalue weighted by Gasteiger charge is 2.09. The van der Waals surface area contributed by atoms with Crippen molar-refractivity contribution in [1.82, 2.24) is 0 Å². The third kappa shape index (κ3) is 3.73. The molecule has 2 rings (SSSR count). The van der Waals surface area contributed by atoms with Crippen LogP contribution in [0.4, 0.5) is 5.69 Å². The summed E-state index contributed by atoms with van der Waals surface area (Å²) in [5.74, 6) is 0.394. The van der Waals surface area contributed by atoms with Gasteiger partial charge < -0.3 is 5.32 Å². The van der Waals surface area contributed by atoms with Gasteiger partial charge in [-0.25, -0.2) is 0 Å². The number of hydrogen-bond donors (Lipinski definition) is 1. The first kappa shape index (κ1) is 15.8. The zero-order valence-electron chi connectivity index (χ0n) is 12.8. The Morgan fingerprint density at radius 1 is 1.05 bits per heavy atom. The summed E-state index contributed by atoms with van der Waals surface area (Å²) < 4.78 is 1.08. The normalized spacial score (nSPS) is 10.8. The number of carbonyl (C=O) groups excluding carboxylic acids is 1. The number of amides is 1. The van der Waals surface area contributed by atoms with E-state index in [2.05, 4.69) is 35.1 Å². The van der Waals surface area contributed by atoms with Crippen LogP contribution in [0, 0.1) is 13.8 Å². The van der Waals surface area contributed by atoms with Crippen LogP contribution in [0.25, 0.3) is 0 Å². The maximum Gasteiger partial charge on any atom is 0.255 e. The first-order chi connectivity index (χ1) is 9.88. The Balaban J connectivity index is 2.18. The smallest absolute Gasteiger partial charge is 0.255 e. The summed E-state index contributed by atoms with van der Waals surface area (Å²) in [6.07, 6.45) is 0. The fourth-order valence-corrected chi connectivity index (χ4v) is 2.47. The van der Waals surface area contributed by atoms with Crippen molar-refractivity contribution in [3.63, 3.8) is 0 Å². The minimum atomic E-state index is -0.0774. The summed E-state index contributed by atoms with van der Waals surface area (Å²) in [4.78, 5) is 12.3. The van der Waals surface area contributed by atoms with Crippen molar-refractivity contribution < 1.29 is 4.79 Å². The van der Waals surface area contributed by atoms with Crippen LogP contribution in [-0.4, -0.2) is 5.91 Å². The third-order valence-corrected chi connectivity index (χ3v) is 4.78. The van der Waals surface area contributed by atoms with Crippen molar-refractivity contribution in [3.8, 4) is 0 Å². The molecule has 1 N–H and O–H groups in total. The van der Waals surface area contributed by atoms with Crippen molar-refractivity contribution in [3.05, 3.63) is 63.1 Å². The van der Waals surface area contributed by atoms with E-state index in [-0.39, 0.29) is 5.91 Å². The van der Waals surface area contributed by atoms with Gasteiger partial charge in [0, 0.05) is 15.7 Å². The molecule has 0 fully saturated rings. The van der Waals surface area contributed by atoms with E-state index in [0.717, 1.165) is 21.3 Å². The van der Waals surface area contributed by atoms with E-state index in [9.17, 15) is 4.79 Å². The lowest BCUT2D eigenvalue weighted by molar-refractivity contribution is 0.102. The highest BCUT2D eigenvalue weighted by atomic mass is 79.9. The molecule has 0 aliphatic carbocycles. The molecule has 0 spiro atoms. The average molecular weight is 346 g/mol. The Labute approximate surface area is 134 Å². The Morgan fingerprint density at radius 2 is 1.57 bits per heavy atom. The Kier molecular flexibility index (Phi) is 4.84. The van der Waals surface area contributed by atoms with Crippen LogP contribution in [0.1, 0.15) is 46.8 Å². The van der Waals surface area contributed by atoms with Crippen LogP contribution in [0.15, 0.2) is 40.9 Å². The fourth-order valence-electron chi connectivity index (χ4n) is 2.24. The summed E-state index contributed by atoms with van der Waals surface area (Å²) in [7, 11) is 0. The van der Waals surface area contributed by atoms with E-state index >= 15 is 0 Å². The second-order valence-electron chi connectivity index (χ2n) is 5.65. The lowest BCUT2D eigenvalue weighted by atomic mass is 10.0. The third-order valence-electron chi connectivity index (χ3n) is 3.53. The molecule has 2 aromatic carbocycles. The largest absolute Gasteiger partial charge is 0.322 e. The standard InChI is InChI=1S/C18H20BrNO/c1-11(2)14-5-7-15(8-6-14)18(21)20-16-9-12(3)17(19)13(4)10-16/h5-11H,1-4H3,(H,20,21). The maximum absolute atomic E-state index is 12.3. The van der Waals surface area contributed by atoms with E-state index < -0.39 is 0 Å². The number of carbonyl (C=O) groups is 1. The van der Waals surface area contributed by atoms with Gasteiger partial charge in [-0.1, -0.05) is 41.9 Å². The van der Waals surface area contributed by atoms with Gasteiger partial charge in [-0.05, 0) is 60.7 Å². The summed E-state index contributed by atoms with van der Waals surface area (Å²) in [6.45, 7) is 8.32. The fraction of sp³-hybridized carbons (Fsp3) is 0.278. The molecule has 3 heteroatoms. The monoisotopic (exact) mass is 345 g/mol. The molecule has 0 aliphatic heterocycles. The van der Waals surface area contributed by atoms with E-state index in [4.69, 9.17) is 0 Å². The van der Waals surface area contributed by atoms with Crippen molar-refractivity contribution in [2.75, 3.05) is 5.32 Å². The van der Waals surface area contributed by atoms with E-state index in [1.807, 2.05) is 50.2 Å². The van der Waals surface area contributed by atoms with E-state index in [1.165, 1.54) is 5.56 Å². The molecule has 0 saturated carbocycles. The number of aryl methyl sites for hydroxylation is 2. The van der Waals surface area contributed by atoms with Gasteiger partial charge in [0.05, 0.1) is 0 Å². The van der Waals surface area contributed by atoms with Gasteiger partial charge >= 0.3 is 0 Å². The van der Waals surface area contributed by atoms with Gasteiger partial charge in [-0.2, -0.15) is 0 Å². The Morgan fingerprint density at radius 3 is 2.05 bits per heavy atom. The van der Waals surface area contributed by atoms with Crippen LogP contribution < -0.4 is 5.32 Å². The minimum absolute atomic E-state index is 0.0774. The summed E-state index contributed by atoms with van der Waals surface area (Å²) in [5.41, 5.74) is 4.96. The molecule has 1 amide bonds. The predicted molar refractivity (Wildman–Crippen MR) is 92.1 cm³/mol. The number of rotatable bonds is 3. The Hall–Kier alpha value is -1.61. The summed E-state index contributed by atoms with van der Waals surface area (Å²) in [6, 6.07) is 11.7. The maximum atomic E-state index is 12.3. The lowest BCUT2D eigenvalue weighted by Crippen LogP contribution is -2.12. The van der Waals surface area contributed by atoms with Crippen molar-refractivity contribution in [2.45, 2.75) is 33.6 Å². The zero-order valence-corrected chi connectivity index (χ0v) is 14.4. The van der Waals surface area contributed by atoms with Gasteiger partial charge in [0.15, 0.2) is 0 Å². The van der Waals surface area contributed by atoms with E-state index in [1.54, 1.807) is 0 Å². The average Bonchev–Trinajstić information content (AvgIpc) is 2.44. The zero-order chi connectivity index (χ0) is 15.6. The molecular weight excluding hydrogens is 326 g/mol. The molecule has 0 saturated heterocycles. The quantitative estimate of drug-likeness (QED) is 0.788. The number of hydrogen-bond acceptors (Lipinski definition) is 1. The van der Waals surface area contributed by atoms with Crippen molar-refractivity contribution in [2.24, 2.45) is 0 Å². The molecule has 2 aromatic rings. The molecule has 2 nitrogen and oxygen atoms in total. The second kappa shape index (κ2) is 6.44. The van der Waals surface area contributed by atoms with Gasteiger partial charge in [0.25, 0.3) is 5.91 Å². The molecule has 0 heterocycles. The molecule has 0 aromatic heterocycles. The van der Waals surface area contributed by atoms with Crippen LogP contribution >= 0.6 is 15.9 Å². The van der Waals surface area contributed by atoms with Gasteiger partial charge in [-0.3, -0.25) is 4.79 Å². The SMILES string of the molecule is Cc1cc(NC(=O)c2ccc(C(C)C)cc2)cc(C)c1Br. The molecule has 0 atom stereocenters. The summed E-state index contributed by atoms with van der Waals surface area (Å²) in [5, 5.41) is 2.96. The van der Waals surface area contributed by atoms with Crippen molar-refractivity contribution >= 4 is 27.5 Å². The number of anilines is 1. The lowest BCUT2D eigenvalue weighted by Gasteiger charge is -2.10.